The lowest BCUT2D eigenvalue weighted by Gasteiger charge is -2.13. The van der Waals surface area contributed by atoms with Crippen molar-refractivity contribution in [1.82, 2.24) is 0 Å². The molecule has 0 amide bonds. The molecule has 0 saturated carbocycles. The minimum atomic E-state index is 0.0157. The molecule has 0 fully saturated rings. The van der Waals surface area contributed by atoms with Gasteiger partial charge in [-0.25, -0.2) is 0 Å². The van der Waals surface area contributed by atoms with Gasteiger partial charge in [0.1, 0.15) is 0 Å². The van der Waals surface area contributed by atoms with Gasteiger partial charge >= 0.3 is 0 Å². The molecule has 2 aromatic carbocycles. The molecule has 1 nitrogen and oxygen atoms in total. The zero-order valence-corrected chi connectivity index (χ0v) is 13.8. The number of ether oxygens (including phenoxy) is 1. The fourth-order valence-electron chi connectivity index (χ4n) is 2.44. The van der Waals surface area contributed by atoms with Gasteiger partial charge in [-0.2, -0.15) is 0 Å². The van der Waals surface area contributed by atoms with Crippen LogP contribution in [0.15, 0.2) is 42.5 Å². The Hall–Kier alpha value is -1.31. The SMILES string of the molecule is COCCc1ccc(C(Cl)Cc2cc(C)ccc2C)cc1. The maximum Gasteiger partial charge on any atom is 0.0625 e. The Labute approximate surface area is 132 Å². The zero-order chi connectivity index (χ0) is 15.2. The maximum atomic E-state index is 6.60. The first-order valence-electron chi connectivity index (χ1n) is 7.38. The summed E-state index contributed by atoms with van der Waals surface area (Å²) in [6, 6.07) is 15.1. The number of hydrogen-bond acceptors (Lipinski definition) is 1. The standard InChI is InChI=1S/C19H23ClO/c1-14-4-5-15(2)18(12-14)13-19(20)17-8-6-16(7-9-17)10-11-21-3/h4-9,12,19H,10-11,13H2,1-3H3. The first kappa shape index (κ1) is 16.1. The van der Waals surface area contributed by atoms with Crippen molar-refractivity contribution >= 4 is 11.6 Å². The molecule has 0 aliphatic heterocycles. The van der Waals surface area contributed by atoms with Crippen LogP contribution in [0.2, 0.25) is 0 Å². The van der Waals surface area contributed by atoms with E-state index in [1.807, 2.05) is 0 Å². The van der Waals surface area contributed by atoms with Gasteiger partial charge in [0, 0.05) is 7.11 Å². The molecule has 0 bridgehead atoms. The predicted molar refractivity (Wildman–Crippen MR) is 90.2 cm³/mol. The van der Waals surface area contributed by atoms with Gasteiger partial charge in [-0.3, -0.25) is 0 Å². The largest absolute Gasteiger partial charge is 0.384 e. The average Bonchev–Trinajstić information content (AvgIpc) is 2.49. The summed E-state index contributed by atoms with van der Waals surface area (Å²) in [5.74, 6) is 0. The minimum absolute atomic E-state index is 0.0157. The first-order chi connectivity index (χ1) is 10.1. The summed E-state index contributed by atoms with van der Waals surface area (Å²) in [6.07, 6.45) is 1.81. The Bertz CT molecular complexity index is 575. The number of alkyl halides is 1. The van der Waals surface area contributed by atoms with E-state index in [2.05, 4.69) is 56.3 Å². The number of halogens is 1. The molecule has 0 aliphatic rings. The van der Waals surface area contributed by atoms with Crippen molar-refractivity contribution in [1.29, 1.82) is 0 Å². The Morgan fingerprint density at radius 2 is 1.76 bits per heavy atom. The second-order valence-corrected chi connectivity index (χ2v) is 6.11. The molecule has 1 unspecified atom stereocenters. The summed E-state index contributed by atoms with van der Waals surface area (Å²) < 4.78 is 5.10. The van der Waals surface area contributed by atoms with Gasteiger partial charge in [-0.15, -0.1) is 11.6 Å². The predicted octanol–water partition coefficient (Wildman–Crippen LogP) is 5.01. The van der Waals surface area contributed by atoms with Gasteiger partial charge < -0.3 is 4.74 Å². The number of methoxy groups -OCH3 is 1. The van der Waals surface area contributed by atoms with E-state index < -0.39 is 0 Å². The number of rotatable bonds is 6. The van der Waals surface area contributed by atoms with Gasteiger partial charge in [0.25, 0.3) is 0 Å². The lowest BCUT2D eigenvalue weighted by atomic mass is 9.97. The highest BCUT2D eigenvalue weighted by Gasteiger charge is 2.11. The average molecular weight is 303 g/mol. The molecule has 0 heterocycles. The molecule has 2 heteroatoms. The molecule has 2 rings (SSSR count). The monoisotopic (exact) mass is 302 g/mol. The molecule has 0 radical (unpaired) electrons. The van der Waals surface area contributed by atoms with Crippen molar-refractivity contribution in [3.63, 3.8) is 0 Å². The van der Waals surface area contributed by atoms with E-state index in [0.717, 1.165) is 19.4 Å². The lowest BCUT2D eigenvalue weighted by molar-refractivity contribution is 0.202. The topological polar surface area (TPSA) is 9.23 Å². The highest BCUT2D eigenvalue weighted by Crippen LogP contribution is 2.27. The number of hydrogen-bond donors (Lipinski definition) is 0. The third-order valence-electron chi connectivity index (χ3n) is 3.84. The van der Waals surface area contributed by atoms with Gasteiger partial charge in [-0.1, -0.05) is 48.0 Å². The highest BCUT2D eigenvalue weighted by atomic mass is 35.5. The quantitative estimate of drug-likeness (QED) is 0.681. The summed E-state index contributed by atoms with van der Waals surface area (Å²) in [5, 5.41) is 0.0157. The normalized spacial score (nSPS) is 12.4. The van der Waals surface area contributed by atoms with Crippen LogP contribution < -0.4 is 0 Å². The van der Waals surface area contributed by atoms with Crippen molar-refractivity contribution < 1.29 is 4.74 Å². The Morgan fingerprint density at radius 3 is 2.43 bits per heavy atom. The molecule has 1 atom stereocenters. The van der Waals surface area contributed by atoms with Gasteiger partial charge in [0.2, 0.25) is 0 Å². The summed E-state index contributed by atoms with van der Waals surface area (Å²) >= 11 is 6.60. The van der Waals surface area contributed by atoms with Crippen LogP contribution in [-0.2, 0) is 17.6 Å². The van der Waals surface area contributed by atoms with Crippen molar-refractivity contribution in [2.45, 2.75) is 32.1 Å². The molecule has 0 aromatic heterocycles. The fraction of sp³-hybridized carbons (Fsp3) is 0.368. The van der Waals surface area contributed by atoms with Crippen molar-refractivity contribution in [2.75, 3.05) is 13.7 Å². The minimum Gasteiger partial charge on any atom is -0.384 e. The van der Waals surface area contributed by atoms with E-state index in [4.69, 9.17) is 16.3 Å². The Balaban J connectivity index is 2.05. The Morgan fingerprint density at radius 1 is 1.05 bits per heavy atom. The van der Waals surface area contributed by atoms with E-state index >= 15 is 0 Å². The van der Waals surface area contributed by atoms with Crippen LogP contribution in [0.3, 0.4) is 0 Å². The molecular formula is C19H23ClO. The molecule has 21 heavy (non-hydrogen) atoms. The number of aryl methyl sites for hydroxylation is 2. The Kier molecular flexibility index (Phi) is 5.84. The lowest BCUT2D eigenvalue weighted by Crippen LogP contribution is -2.00. The van der Waals surface area contributed by atoms with E-state index in [0.29, 0.717) is 0 Å². The molecule has 0 aliphatic carbocycles. The molecule has 2 aromatic rings. The van der Waals surface area contributed by atoms with Crippen LogP contribution in [0.4, 0.5) is 0 Å². The summed E-state index contributed by atoms with van der Waals surface area (Å²) in [6.45, 7) is 5.02. The van der Waals surface area contributed by atoms with Crippen molar-refractivity contribution in [2.24, 2.45) is 0 Å². The van der Waals surface area contributed by atoms with Crippen LogP contribution in [0.5, 0.6) is 0 Å². The van der Waals surface area contributed by atoms with E-state index in [9.17, 15) is 0 Å². The first-order valence-corrected chi connectivity index (χ1v) is 7.82. The summed E-state index contributed by atoms with van der Waals surface area (Å²) in [5.41, 5.74) is 6.39. The van der Waals surface area contributed by atoms with Crippen molar-refractivity contribution in [3.8, 4) is 0 Å². The van der Waals surface area contributed by atoms with Crippen LogP contribution >= 0.6 is 11.6 Å². The third-order valence-corrected chi connectivity index (χ3v) is 4.25. The van der Waals surface area contributed by atoms with Crippen LogP contribution in [0.25, 0.3) is 0 Å². The smallest absolute Gasteiger partial charge is 0.0625 e. The molecule has 0 N–H and O–H groups in total. The molecular weight excluding hydrogens is 280 g/mol. The third kappa shape index (κ3) is 4.59. The summed E-state index contributed by atoms with van der Waals surface area (Å²) in [7, 11) is 1.73. The van der Waals surface area contributed by atoms with Crippen molar-refractivity contribution in [3.05, 3.63) is 70.3 Å². The number of benzene rings is 2. The van der Waals surface area contributed by atoms with Gasteiger partial charge in [-0.05, 0) is 48.9 Å². The maximum absolute atomic E-state index is 6.60. The second kappa shape index (κ2) is 7.63. The molecule has 0 spiro atoms. The zero-order valence-electron chi connectivity index (χ0n) is 13.0. The molecule has 112 valence electrons. The summed E-state index contributed by atoms with van der Waals surface area (Å²) in [4.78, 5) is 0. The second-order valence-electron chi connectivity index (χ2n) is 5.59. The fourth-order valence-corrected chi connectivity index (χ4v) is 2.76. The van der Waals surface area contributed by atoms with E-state index in [-0.39, 0.29) is 5.38 Å². The van der Waals surface area contributed by atoms with E-state index in [1.165, 1.54) is 27.8 Å². The van der Waals surface area contributed by atoms with Crippen LogP contribution in [-0.4, -0.2) is 13.7 Å². The van der Waals surface area contributed by atoms with Crippen LogP contribution in [0, 0.1) is 13.8 Å². The molecule has 0 saturated heterocycles. The van der Waals surface area contributed by atoms with Crippen LogP contribution in [0.1, 0.15) is 33.2 Å². The van der Waals surface area contributed by atoms with E-state index in [1.54, 1.807) is 7.11 Å². The highest BCUT2D eigenvalue weighted by molar-refractivity contribution is 6.20. The van der Waals surface area contributed by atoms with Gasteiger partial charge in [0.15, 0.2) is 0 Å². The van der Waals surface area contributed by atoms with Gasteiger partial charge in [0.05, 0.1) is 12.0 Å².